The van der Waals surface area contributed by atoms with Crippen LogP contribution in [0.3, 0.4) is 0 Å². The predicted molar refractivity (Wildman–Crippen MR) is 109 cm³/mol. The van der Waals surface area contributed by atoms with Gasteiger partial charge in [-0.1, -0.05) is 18.2 Å². The van der Waals surface area contributed by atoms with Crippen molar-refractivity contribution in [2.75, 3.05) is 13.7 Å². The second-order valence-corrected chi connectivity index (χ2v) is 7.24. The van der Waals surface area contributed by atoms with Crippen LogP contribution in [0.5, 0.6) is 5.75 Å². The molecule has 29 heavy (non-hydrogen) atoms. The topological polar surface area (TPSA) is 72.3 Å². The second-order valence-electron chi connectivity index (χ2n) is 7.24. The molecule has 1 atom stereocenters. The Morgan fingerprint density at radius 3 is 2.93 bits per heavy atom. The lowest BCUT2D eigenvalue weighted by molar-refractivity contribution is -0.127. The second kappa shape index (κ2) is 8.45. The van der Waals surface area contributed by atoms with Gasteiger partial charge in [0.05, 0.1) is 24.8 Å². The first kappa shape index (κ1) is 19.1. The zero-order valence-corrected chi connectivity index (χ0v) is 16.7. The van der Waals surface area contributed by atoms with Crippen LogP contribution in [0.15, 0.2) is 55.1 Å². The number of imidazole rings is 1. The van der Waals surface area contributed by atoms with Gasteiger partial charge in [-0.25, -0.2) is 4.98 Å². The van der Waals surface area contributed by atoms with Crippen molar-refractivity contribution in [3.63, 3.8) is 0 Å². The molecule has 3 aromatic rings. The minimum absolute atomic E-state index is 0.0266. The molecule has 1 aliphatic heterocycles. The first-order valence-electron chi connectivity index (χ1n) is 9.69. The van der Waals surface area contributed by atoms with Gasteiger partial charge >= 0.3 is 0 Å². The summed E-state index contributed by atoms with van der Waals surface area (Å²) in [6.07, 6.45) is 6.23. The molecule has 150 valence electrons. The Bertz CT molecular complexity index is 986. The van der Waals surface area contributed by atoms with Crippen LogP contribution in [0.4, 0.5) is 0 Å². The van der Waals surface area contributed by atoms with Gasteiger partial charge in [0.15, 0.2) is 0 Å². The van der Waals surface area contributed by atoms with Gasteiger partial charge in [-0.05, 0) is 29.3 Å². The molecule has 1 aliphatic rings. The standard InChI is InChI=1S/C22H25N5O2/c1-26-15-25-19-8-10-27(14-17-6-4-9-23-12-17)21(20(19)26)22(28)24-13-16-5-3-7-18(11-16)29-2/h3-7,9,11-12,15,21H,8,10,13-14H2,1-2H3,(H,24,28). The third-order valence-electron chi connectivity index (χ3n) is 5.28. The minimum Gasteiger partial charge on any atom is -0.497 e. The SMILES string of the molecule is COc1cccc(CNC(=O)C2c3c(ncn3C)CCN2Cc2cccnc2)c1. The third kappa shape index (κ3) is 4.14. The van der Waals surface area contributed by atoms with Gasteiger partial charge in [0, 0.05) is 45.5 Å². The van der Waals surface area contributed by atoms with Crippen molar-refractivity contribution in [1.29, 1.82) is 0 Å². The van der Waals surface area contributed by atoms with Crippen molar-refractivity contribution in [2.24, 2.45) is 7.05 Å². The van der Waals surface area contributed by atoms with Crippen molar-refractivity contribution in [1.82, 2.24) is 24.8 Å². The lowest BCUT2D eigenvalue weighted by atomic mass is 10.0. The van der Waals surface area contributed by atoms with Gasteiger partial charge in [-0.15, -0.1) is 0 Å². The lowest BCUT2D eigenvalue weighted by Gasteiger charge is -2.35. The Kier molecular flexibility index (Phi) is 5.57. The number of pyridine rings is 1. The highest BCUT2D eigenvalue weighted by Crippen LogP contribution is 2.30. The van der Waals surface area contributed by atoms with Gasteiger partial charge in [-0.3, -0.25) is 14.7 Å². The molecule has 0 aliphatic carbocycles. The molecule has 0 saturated carbocycles. The molecule has 3 heterocycles. The number of nitrogens with one attached hydrogen (secondary N) is 1. The van der Waals surface area contributed by atoms with Crippen molar-refractivity contribution < 1.29 is 9.53 Å². The summed E-state index contributed by atoms with van der Waals surface area (Å²) >= 11 is 0. The van der Waals surface area contributed by atoms with E-state index in [1.807, 2.05) is 54.2 Å². The summed E-state index contributed by atoms with van der Waals surface area (Å²) in [5.74, 6) is 0.753. The van der Waals surface area contributed by atoms with Crippen LogP contribution in [0, 0.1) is 0 Å². The smallest absolute Gasteiger partial charge is 0.243 e. The van der Waals surface area contributed by atoms with Crippen molar-refractivity contribution in [2.45, 2.75) is 25.6 Å². The fraction of sp³-hybridized carbons (Fsp3) is 0.318. The normalized spacial score (nSPS) is 16.3. The molecule has 1 unspecified atom stereocenters. The summed E-state index contributed by atoms with van der Waals surface area (Å²) in [7, 11) is 3.59. The Morgan fingerprint density at radius 1 is 1.28 bits per heavy atom. The maximum absolute atomic E-state index is 13.3. The van der Waals surface area contributed by atoms with Crippen molar-refractivity contribution in [3.05, 3.63) is 77.6 Å². The molecule has 0 radical (unpaired) electrons. The molecule has 2 aromatic heterocycles. The monoisotopic (exact) mass is 391 g/mol. The van der Waals surface area contributed by atoms with Gasteiger partial charge in [0.25, 0.3) is 0 Å². The molecule has 0 spiro atoms. The number of hydrogen-bond acceptors (Lipinski definition) is 5. The molecule has 1 amide bonds. The number of fused-ring (bicyclic) bond motifs is 1. The van der Waals surface area contributed by atoms with Gasteiger partial charge in [0.1, 0.15) is 11.8 Å². The van der Waals surface area contributed by atoms with Crippen LogP contribution < -0.4 is 10.1 Å². The molecular formula is C22H25N5O2. The molecule has 0 bridgehead atoms. The van der Waals surface area contributed by atoms with E-state index in [0.29, 0.717) is 13.1 Å². The third-order valence-corrected chi connectivity index (χ3v) is 5.28. The fourth-order valence-electron chi connectivity index (χ4n) is 3.84. The maximum atomic E-state index is 13.3. The number of aryl methyl sites for hydroxylation is 1. The van der Waals surface area contributed by atoms with Crippen LogP contribution >= 0.6 is 0 Å². The average molecular weight is 391 g/mol. The number of carbonyl (C=O) groups is 1. The fourth-order valence-corrected chi connectivity index (χ4v) is 3.84. The van der Waals surface area contributed by atoms with Crippen LogP contribution in [-0.4, -0.2) is 39.0 Å². The van der Waals surface area contributed by atoms with Gasteiger partial charge < -0.3 is 14.6 Å². The first-order valence-corrected chi connectivity index (χ1v) is 9.69. The number of aromatic nitrogens is 3. The number of benzene rings is 1. The van der Waals surface area contributed by atoms with E-state index in [4.69, 9.17) is 4.74 Å². The van der Waals surface area contributed by atoms with Crippen LogP contribution in [0.2, 0.25) is 0 Å². The number of ether oxygens (including phenoxy) is 1. The van der Waals surface area contributed by atoms with Crippen LogP contribution in [-0.2, 0) is 31.4 Å². The lowest BCUT2D eigenvalue weighted by Crippen LogP contribution is -2.44. The Morgan fingerprint density at radius 2 is 2.14 bits per heavy atom. The predicted octanol–water partition coefficient (Wildman–Crippen LogP) is 2.24. The summed E-state index contributed by atoms with van der Waals surface area (Å²) in [6, 6.07) is 11.3. The number of nitrogens with zero attached hydrogens (tertiary/aromatic N) is 4. The van der Waals surface area contributed by atoms with E-state index < -0.39 is 6.04 Å². The summed E-state index contributed by atoms with van der Waals surface area (Å²) in [6.45, 7) is 1.88. The molecule has 0 fully saturated rings. The van der Waals surface area contributed by atoms with E-state index in [-0.39, 0.29) is 5.91 Å². The van der Waals surface area contributed by atoms with Gasteiger partial charge in [-0.2, -0.15) is 0 Å². The Hall–Kier alpha value is -3.19. The van der Waals surface area contributed by atoms with Crippen LogP contribution in [0.25, 0.3) is 0 Å². The summed E-state index contributed by atoms with van der Waals surface area (Å²) in [5.41, 5.74) is 4.04. The highest BCUT2D eigenvalue weighted by molar-refractivity contribution is 5.83. The number of hydrogen-bond donors (Lipinski definition) is 1. The maximum Gasteiger partial charge on any atom is 0.243 e. The number of rotatable bonds is 6. The first-order chi connectivity index (χ1) is 14.2. The Balaban J connectivity index is 1.56. The zero-order valence-electron chi connectivity index (χ0n) is 16.7. The number of methoxy groups -OCH3 is 1. The molecule has 7 nitrogen and oxygen atoms in total. The summed E-state index contributed by atoms with van der Waals surface area (Å²) < 4.78 is 7.23. The highest BCUT2D eigenvalue weighted by Gasteiger charge is 2.35. The quantitative estimate of drug-likeness (QED) is 0.698. The van der Waals surface area contributed by atoms with Crippen LogP contribution in [0.1, 0.15) is 28.6 Å². The average Bonchev–Trinajstić information content (AvgIpc) is 3.13. The molecule has 1 aromatic carbocycles. The largest absolute Gasteiger partial charge is 0.497 e. The molecular weight excluding hydrogens is 366 g/mol. The molecule has 1 N–H and O–H groups in total. The minimum atomic E-state index is -0.392. The molecule has 4 rings (SSSR count). The summed E-state index contributed by atoms with van der Waals surface area (Å²) in [4.78, 5) is 24.2. The highest BCUT2D eigenvalue weighted by atomic mass is 16.5. The van der Waals surface area contributed by atoms with Crippen molar-refractivity contribution >= 4 is 5.91 Å². The summed E-state index contributed by atoms with van der Waals surface area (Å²) in [5, 5.41) is 3.10. The zero-order chi connectivity index (χ0) is 20.2. The Labute approximate surface area is 170 Å². The van der Waals surface area contributed by atoms with E-state index in [0.717, 1.165) is 41.2 Å². The number of carbonyl (C=O) groups excluding carboxylic acids is 1. The van der Waals surface area contributed by atoms with Gasteiger partial charge in [0.2, 0.25) is 5.91 Å². The van der Waals surface area contributed by atoms with E-state index in [9.17, 15) is 4.79 Å². The van der Waals surface area contributed by atoms with E-state index in [2.05, 4.69) is 20.2 Å². The van der Waals surface area contributed by atoms with E-state index in [1.54, 1.807) is 19.6 Å². The number of amides is 1. The van der Waals surface area contributed by atoms with Crippen molar-refractivity contribution in [3.8, 4) is 5.75 Å². The van der Waals surface area contributed by atoms with E-state index >= 15 is 0 Å². The molecule has 7 heteroatoms. The molecule has 0 saturated heterocycles. The van der Waals surface area contributed by atoms with E-state index in [1.165, 1.54) is 0 Å².